The predicted octanol–water partition coefficient (Wildman–Crippen LogP) is 6.00. The molecule has 41 heteroatoms. The van der Waals surface area contributed by atoms with Crippen molar-refractivity contribution in [3.05, 3.63) is 95.6 Å². The van der Waals surface area contributed by atoms with E-state index in [9.17, 15) is 71.9 Å². The van der Waals surface area contributed by atoms with Crippen LogP contribution in [0.5, 0.6) is 23.0 Å². The molecule has 148 heavy (non-hydrogen) atoms. The minimum Gasteiger partial charge on any atom is -0.493 e. The number of esters is 1. The largest absolute Gasteiger partial charge is 0.493 e. The number of likely N-dealkylation sites (N-methyl/N-ethyl adjacent to an activating group) is 2. The minimum absolute atomic E-state index is 0.00264. The number of aliphatic imine (C=N–C) groups is 1. The van der Waals surface area contributed by atoms with Gasteiger partial charge in [-0.2, -0.15) is 0 Å². The van der Waals surface area contributed by atoms with Gasteiger partial charge in [-0.25, -0.2) is 4.79 Å². The lowest BCUT2D eigenvalue weighted by Crippen LogP contribution is -2.60. The fourth-order valence-corrected chi connectivity index (χ4v) is 18.8. The number of ether oxygens (including phenoxy) is 11. The van der Waals surface area contributed by atoms with Gasteiger partial charge in [-0.1, -0.05) is 110 Å². The Labute approximate surface area is 869 Å². The van der Waals surface area contributed by atoms with Crippen molar-refractivity contribution in [3.8, 4) is 35.3 Å². The topological polar surface area (TPSA) is 477 Å². The third kappa shape index (κ3) is 36.1. The van der Waals surface area contributed by atoms with Gasteiger partial charge in [0.2, 0.25) is 65.0 Å². The molecule has 0 bridgehead atoms. The number of nitrogens with one attached hydrogen (secondary N) is 7. The average molecular weight is 2070 g/mol. The molecule has 7 N–H and O–H groups in total. The molecule has 0 spiro atoms. The van der Waals surface area contributed by atoms with Crippen LogP contribution in [0.3, 0.4) is 0 Å². The smallest absolute Gasteiger partial charge is 0.328 e. The summed E-state index contributed by atoms with van der Waals surface area (Å²) in [5.74, 6) is -4.25. The molecule has 1 unspecified atom stereocenters. The highest BCUT2D eigenvalue weighted by atomic mass is 16.5. The maximum atomic E-state index is 14.9. The quantitative estimate of drug-likeness (QED) is 0.0147. The summed E-state index contributed by atoms with van der Waals surface area (Å²) in [5, 5.41) is 19.2. The van der Waals surface area contributed by atoms with Crippen LogP contribution in [-0.2, 0) is 102 Å². The van der Waals surface area contributed by atoms with Gasteiger partial charge in [0.25, 0.3) is 17.7 Å². The highest BCUT2D eigenvalue weighted by Crippen LogP contribution is 2.43. The molecule has 0 aromatic heterocycles. The number of likely N-dealkylation sites (tertiary alicyclic amines) is 1. The molecular formula is C107H157N15O26. The molecule has 816 valence electrons. The van der Waals surface area contributed by atoms with Crippen molar-refractivity contribution in [1.82, 2.24) is 66.6 Å². The summed E-state index contributed by atoms with van der Waals surface area (Å²) in [4.78, 5) is 219. The molecule has 5 aliphatic rings. The van der Waals surface area contributed by atoms with Gasteiger partial charge in [-0.05, 0) is 106 Å². The monoisotopic (exact) mass is 2070 g/mol. The van der Waals surface area contributed by atoms with Crippen molar-refractivity contribution >= 4 is 106 Å². The van der Waals surface area contributed by atoms with E-state index in [1.54, 1.807) is 96.6 Å². The Hall–Kier alpha value is -12.6. The first kappa shape index (κ1) is 121. The molecule has 5 heterocycles. The lowest BCUT2D eigenvalue weighted by Gasteiger charge is -2.41. The Morgan fingerprint density at radius 1 is 0.568 bits per heavy atom. The normalized spacial score (nSPS) is 17.0. The molecule has 3 aromatic carbocycles. The molecule has 41 nitrogen and oxygen atoms in total. The maximum absolute atomic E-state index is 14.9. The van der Waals surface area contributed by atoms with Crippen molar-refractivity contribution in [2.45, 2.75) is 232 Å². The summed E-state index contributed by atoms with van der Waals surface area (Å²) in [6, 6.07) is 10.4. The van der Waals surface area contributed by atoms with Crippen LogP contribution in [0.1, 0.15) is 191 Å². The van der Waals surface area contributed by atoms with Gasteiger partial charge in [0.15, 0.2) is 23.0 Å². The van der Waals surface area contributed by atoms with E-state index in [-0.39, 0.29) is 228 Å². The van der Waals surface area contributed by atoms with Crippen LogP contribution in [0, 0.1) is 36.0 Å². The number of hydrogen-bond acceptors (Lipinski definition) is 27. The second kappa shape index (κ2) is 62.0. The number of amides is 14. The number of terminal acetylenes is 1. The summed E-state index contributed by atoms with van der Waals surface area (Å²) in [7, 11) is 10.4. The second-order valence-electron chi connectivity index (χ2n) is 38.6. The van der Waals surface area contributed by atoms with Crippen molar-refractivity contribution < 1.29 is 124 Å². The molecule has 3 saturated heterocycles. The number of benzene rings is 3. The summed E-state index contributed by atoms with van der Waals surface area (Å²) in [5.41, 5.74) is 4.33. The Morgan fingerprint density at radius 2 is 1.16 bits per heavy atom. The van der Waals surface area contributed by atoms with Crippen molar-refractivity contribution in [2.75, 3.05) is 186 Å². The number of unbranched alkanes of at least 4 members (excludes halogenated alkanes) is 2. The molecular weight excluding hydrogens is 1910 g/mol. The van der Waals surface area contributed by atoms with E-state index in [4.69, 9.17) is 58.5 Å². The first-order valence-corrected chi connectivity index (χ1v) is 51.5. The zero-order chi connectivity index (χ0) is 108. The third-order valence-corrected chi connectivity index (χ3v) is 27.2. The highest BCUT2D eigenvalue weighted by molar-refractivity contribution is 6.08. The van der Waals surface area contributed by atoms with Gasteiger partial charge >= 0.3 is 5.97 Å². The fraction of sp³-hybridized carbons (Fsp3) is 0.626. The number of carbonyl (C=O) groups is 15. The molecule has 0 saturated carbocycles. The van der Waals surface area contributed by atoms with Gasteiger partial charge in [-0.3, -0.25) is 72.1 Å². The van der Waals surface area contributed by atoms with E-state index < -0.39 is 108 Å². The lowest BCUT2D eigenvalue weighted by molar-refractivity contribution is -0.149. The van der Waals surface area contributed by atoms with Crippen molar-refractivity contribution in [2.24, 2.45) is 28.7 Å². The Balaban J connectivity index is 0.675. The van der Waals surface area contributed by atoms with Gasteiger partial charge in [0, 0.05) is 151 Å². The summed E-state index contributed by atoms with van der Waals surface area (Å²) >= 11 is 0. The number of methoxy groups -OCH3 is 5. The maximum Gasteiger partial charge on any atom is 0.328 e. The molecule has 3 fully saturated rings. The number of anilines is 1. The first-order valence-electron chi connectivity index (χ1n) is 51.5. The Morgan fingerprint density at radius 3 is 1.75 bits per heavy atom. The molecule has 8 rings (SSSR count). The van der Waals surface area contributed by atoms with Crippen LogP contribution in [0.4, 0.5) is 11.4 Å². The molecule has 5 aliphatic heterocycles. The van der Waals surface area contributed by atoms with Gasteiger partial charge in [-0.15, -0.1) is 6.42 Å². The number of rotatable bonds is 65. The zero-order valence-corrected chi connectivity index (χ0v) is 88.9. The van der Waals surface area contributed by atoms with Crippen molar-refractivity contribution in [3.63, 3.8) is 0 Å². The molecule has 0 aliphatic carbocycles. The van der Waals surface area contributed by atoms with Gasteiger partial charge in [0.05, 0.1) is 165 Å². The van der Waals surface area contributed by atoms with E-state index in [1.165, 1.54) is 59.3 Å². The minimum atomic E-state index is -1.05. The van der Waals surface area contributed by atoms with Crippen LogP contribution in [-0.4, -0.2) is 366 Å². The van der Waals surface area contributed by atoms with Crippen LogP contribution in [0.25, 0.3) is 0 Å². The first-order chi connectivity index (χ1) is 70.9. The van der Waals surface area contributed by atoms with Crippen molar-refractivity contribution in [1.29, 1.82) is 0 Å². The molecule has 0 radical (unpaired) electrons. The average Bonchev–Trinajstić information content (AvgIpc) is 1.60. The lowest BCUT2D eigenvalue weighted by atomic mass is 9.89. The predicted molar refractivity (Wildman–Crippen MR) is 552 cm³/mol. The molecule has 3 aromatic rings. The molecule has 14 amide bonds. The summed E-state index contributed by atoms with van der Waals surface area (Å²) in [6.45, 7) is 25.9. The highest BCUT2D eigenvalue weighted by Gasteiger charge is 2.46. The summed E-state index contributed by atoms with van der Waals surface area (Å²) in [6.07, 6.45) is 10.6. The zero-order valence-electron chi connectivity index (χ0n) is 88.9. The van der Waals surface area contributed by atoms with Crippen LogP contribution < -0.4 is 61.1 Å². The number of fused-ring (bicyclic) bond motifs is 4. The van der Waals surface area contributed by atoms with E-state index >= 15 is 0 Å². The van der Waals surface area contributed by atoms with E-state index in [0.29, 0.717) is 123 Å². The van der Waals surface area contributed by atoms with Crippen LogP contribution >= 0.6 is 0 Å². The Kier molecular flexibility index (Phi) is 50.5. The standard InChI is InChI=1S/C107H157N15O26/c1-19-72(9)99(88(140-16)63-96(130)119-43-29-32-82(119)100(141-17)73(10)101(131)114-81(107(137)142-18)58-75-30-23-21-24-31-75)117(13)106(136)97(68(3)4)115-103(133)98(69(5)6)116(12)93(127)33-27-40-111-102(132)74(11)113-92(126)37-48-143-52-54-145-50-41-109-90(124)35-44-118(94(128)34-28-39-108-89(123)20-2)45-36-91(125)110-42-51-146-55-53-144-49-38-95(129)122-67-77-57-71(8)66-121(77)105(135)79-60-85(139-15)87(62-83(79)122)148-47-26-22-25-46-147-86-61-80-78(59-84(86)138-14)104(134)120-65-70(7)56-76(120)64-112-80/h2,21,23-24,30-31,59-62,64,68-69,72-74,76-77,81-82,88,97-100H,7-8,19,22,25-29,32-58,63,65-67H2,1,3-6,9-18H3,(H,108,123)(H,109,124)(H,110,125)(H,111,132)(H,113,126)(H,114,131)(H,115,133)/t72-,73+,74?,76-,77-,81-,82-,88+,97-,98-,99-,100+/m0/s1. The fourth-order valence-electron chi connectivity index (χ4n) is 18.8. The van der Waals surface area contributed by atoms with E-state index in [0.717, 1.165) is 23.1 Å². The summed E-state index contributed by atoms with van der Waals surface area (Å²) < 4.78 is 63.7. The third-order valence-electron chi connectivity index (χ3n) is 27.2. The number of nitrogens with zero attached hydrogens (tertiary/aromatic N) is 8. The van der Waals surface area contributed by atoms with E-state index in [1.807, 2.05) is 50.1 Å². The van der Waals surface area contributed by atoms with Gasteiger partial charge < -0.3 is 124 Å². The van der Waals surface area contributed by atoms with E-state index in [2.05, 4.69) is 55.4 Å². The van der Waals surface area contributed by atoms with Gasteiger partial charge in [0.1, 0.15) is 24.2 Å². The second-order valence-corrected chi connectivity index (χ2v) is 38.6. The van der Waals surface area contributed by atoms with Crippen LogP contribution in [0.2, 0.25) is 0 Å². The SMILES string of the molecule is C#CC(=O)NCCCC(=O)N(CCC(=O)NCCOCCOCCC(=O)NC(C)C(=O)NCCCC(=O)N(C)[C@H](C(=O)N[C@H](C(=O)N(C)[C@@H]([C@@H](C)CC)[C@@H](CC(=O)N1CCC[C@H]1[C@H](OC)[C@@H](C)C(=O)N[C@@H](Cc1ccccc1)C(=O)OC)OC)C(C)C)C(C)C)CCC(=O)NCCOCCOCCC(=O)N1C[C@@H]2CC(=C)CN2C(=O)c2cc(OC)c(OCCCCCOc3cc4c(cc3OC)C(=O)N3CC(=C)C[C@H]3C=N4)cc21. The Bertz CT molecular complexity index is 5070. The number of hydrogen-bond donors (Lipinski definition) is 7. The van der Waals surface area contributed by atoms with Crippen LogP contribution in [0.15, 0.2) is 83.9 Å². The number of carbonyl (C=O) groups excluding carboxylic acids is 15. The molecule has 12 atom stereocenters.